The van der Waals surface area contributed by atoms with E-state index in [2.05, 4.69) is 4.74 Å². The zero-order chi connectivity index (χ0) is 15.5. The minimum Gasteiger partial charge on any atom is -0.405 e. The van der Waals surface area contributed by atoms with E-state index >= 15 is 0 Å². The molecule has 2 aromatic rings. The van der Waals surface area contributed by atoms with Crippen LogP contribution in [0.2, 0.25) is 0 Å². The summed E-state index contributed by atoms with van der Waals surface area (Å²) in [5.41, 5.74) is 6.13. The Kier molecular flexibility index (Phi) is 4.28. The van der Waals surface area contributed by atoms with Crippen LogP contribution in [0, 0.1) is 0 Å². The minimum atomic E-state index is -4.87. The third-order valence-corrected chi connectivity index (χ3v) is 2.82. The molecule has 0 aliphatic heterocycles. The molecule has 0 aliphatic carbocycles. The highest BCUT2D eigenvalue weighted by atomic mass is 19.4. The molecule has 0 fully saturated rings. The second kappa shape index (κ2) is 5.97. The molecule has 0 aromatic heterocycles. The molecule has 0 saturated heterocycles. The fraction of sp³-hybridized carbons (Fsp3) is 0.133. The number of benzene rings is 2. The lowest BCUT2D eigenvalue weighted by Gasteiger charge is -2.15. The zero-order valence-corrected chi connectivity index (χ0v) is 10.8. The van der Waals surface area contributed by atoms with Crippen molar-refractivity contribution in [3.63, 3.8) is 0 Å². The normalized spacial score (nSPS) is 12.8. The quantitative estimate of drug-likeness (QED) is 0.879. The van der Waals surface area contributed by atoms with E-state index in [1.165, 1.54) is 18.2 Å². The van der Waals surface area contributed by atoms with Crippen molar-refractivity contribution in [1.82, 2.24) is 0 Å². The van der Waals surface area contributed by atoms with Gasteiger partial charge in [0.25, 0.3) is 0 Å². The molecule has 6 heteroatoms. The van der Waals surface area contributed by atoms with Crippen LogP contribution >= 0.6 is 0 Å². The standard InChI is InChI=1S/C15H12F3NO2/c16-15(17,18)21-12-9-5-4-8-11(12)14(20)13(19)10-6-2-1-3-7-10/h1-9,13H,19H2/t13-/m1/s1. The largest absolute Gasteiger partial charge is 0.573 e. The van der Waals surface area contributed by atoms with Gasteiger partial charge >= 0.3 is 6.36 Å². The Morgan fingerprint density at radius 1 is 1.00 bits per heavy atom. The molecule has 0 amide bonds. The number of carbonyl (C=O) groups is 1. The average Bonchev–Trinajstić information content (AvgIpc) is 2.45. The number of carbonyl (C=O) groups excluding carboxylic acids is 1. The van der Waals surface area contributed by atoms with Crippen molar-refractivity contribution in [2.45, 2.75) is 12.4 Å². The smallest absolute Gasteiger partial charge is 0.405 e. The summed E-state index contributed by atoms with van der Waals surface area (Å²) in [5.74, 6) is -1.19. The van der Waals surface area contributed by atoms with Gasteiger partial charge in [0.05, 0.1) is 11.6 Å². The fourth-order valence-electron chi connectivity index (χ4n) is 1.86. The van der Waals surface area contributed by atoms with Crippen LogP contribution in [0.25, 0.3) is 0 Å². The van der Waals surface area contributed by atoms with E-state index in [4.69, 9.17) is 5.73 Å². The van der Waals surface area contributed by atoms with E-state index in [9.17, 15) is 18.0 Å². The molecule has 2 rings (SSSR count). The van der Waals surface area contributed by atoms with Crippen molar-refractivity contribution in [1.29, 1.82) is 0 Å². The summed E-state index contributed by atoms with van der Waals surface area (Å²) in [4.78, 5) is 12.3. The summed E-state index contributed by atoms with van der Waals surface area (Å²) in [6, 6.07) is 12.5. The SMILES string of the molecule is N[C@@H](C(=O)c1ccccc1OC(F)(F)F)c1ccccc1. The number of ketones is 1. The molecule has 2 aromatic carbocycles. The molecule has 0 radical (unpaired) electrons. The lowest BCUT2D eigenvalue weighted by Crippen LogP contribution is -2.24. The van der Waals surface area contributed by atoms with Gasteiger partial charge in [0.1, 0.15) is 5.75 Å². The van der Waals surface area contributed by atoms with Gasteiger partial charge in [-0.3, -0.25) is 4.79 Å². The minimum absolute atomic E-state index is 0.203. The Morgan fingerprint density at radius 3 is 2.19 bits per heavy atom. The van der Waals surface area contributed by atoms with E-state index in [1.807, 2.05) is 0 Å². The molecule has 110 valence electrons. The van der Waals surface area contributed by atoms with E-state index in [-0.39, 0.29) is 5.56 Å². The van der Waals surface area contributed by atoms with E-state index < -0.39 is 23.9 Å². The number of para-hydroxylation sites is 1. The molecule has 0 heterocycles. The third kappa shape index (κ3) is 3.82. The van der Waals surface area contributed by atoms with Crippen molar-refractivity contribution >= 4 is 5.78 Å². The topological polar surface area (TPSA) is 52.3 Å². The van der Waals surface area contributed by atoms with Gasteiger partial charge in [-0.1, -0.05) is 42.5 Å². The van der Waals surface area contributed by atoms with Gasteiger partial charge in [0, 0.05) is 0 Å². The Morgan fingerprint density at radius 2 is 1.57 bits per heavy atom. The van der Waals surface area contributed by atoms with Crippen molar-refractivity contribution in [2.24, 2.45) is 5.73 Å². The Bertz CT molecular complexity index is 626. The maximum atomic E-state index is 12.3. The van der Waals surface area contributed by atoms with Crippen LogP contribution in [0.15, 0.2) is 54.6 Å². The molecule has 0 unspecified atom stereocenters. The first kappa shape index (κ1) is 15.1. The molecule has 21 heavy (non-hydrogen) atoms. The summed E-state index contributed by atoms with van der Waals surface area (Å²) in [7, 11) is 0. The number of hydrogen-bond acceptors (Lipinski definition) is 3. The fourth-order valence-corrected chi connectivity index (χ4v) is 1.86. The number of halogens is 3. The van der Waals surface area contributed by atoms with E-state index in [0.29, 0.717) is 5.56 Å². The summed E-state index contributed by atoms with van der Waals surface area (Å²) in [5, 5.41) is 0. The number of ether oxygens (including phenoxy) is 1. The summed E-state index contributed by atoms with van der Waals surface area (Å²) >= 11 is 0. The van der Waals surface area contributed by atoms with Gasteiger partial charge in [0.15, 0.2) is 5.78 Å². The summed E-state index contributed by atoms with van der Waals surface area (Å²) < 4.78 is 40.9. The maximum Gasteiger partial charge on any atom is 0.573 e. The van der Waals surface area contributed by atoms with Crippen LogP contribution in [0.4, 0.5) is 13.2 Å². The Hall–Kier alpha value is -2.34. The van der Waals surface area contributed by atoms with Gasteiger partial charge in [-0.05, 0) is 17.7 Å². The van der Waals surface area contributed by atoms with Crippen molar-refractivity contribution in [3.05, 3.63) is 65.7 Å². The van der Waals surface area contributed by atoms with Gasteiger partial charge in [-0.2, -0.15) is 0 Å². The van der Waals surface area contributed by atoms with Crippen LogP contribution in [-0.2, 0) is 0 Å². The Labute approximate surface area is 119 Å². The van der Waals surface area contributed by atoms with Crippen LogP contribution in [0.1, 0.15) is 22.0 Å². The summed E-state index contributed by atoms with van der Waals surface area (Å²) in [6.07, 6.45) is -4.87. The van der Waals surface area contributed by atoms with Gasteiger partial charge in [0.2, 0.25) is 0 Å². The van der Waals surface area contributed by atoms with E-state index in [1.54, 1.807) is 30.3 Å². The predicted octanol–water partition coefficient (Wildman–Crippen LogP) is 3.47. The predicted molar refractivity (Wildman–Crippen MR) is 70.8 cm³/mol. The molecule has 0 bridgehead atoms. The second-order valence-electron chi connectivity index (χ2n) is 4.30. The summed E-state index contributed by atoms with van der Waals surface area (Å²) in [6.45, 7) is 0. The highest BCUT2D eigenvalue weighted by Gasteiger charge is 2.33. The van der Waals surface area contributed by atoms with Crippen LogP contribution < -0.4 is 10.5 Å². The molecule has 0 spiro atoms. The number of rotatable bonds is 4. The number of Topliss-reactive ketones (excluding diaryl/α,β-unsaturated/α-hetero) is 1. The third-order valence-electron chi connectivity index (χ3n) is 2.82. The van der Waals surface area contributed by atoms with Crippen LogP contribution in [-0.4, -0.2) is 12.1 Å². The first-order valence-corrected chi connectivity index (χ1v) is 6.08. The molecular formula is C15H12F3NO2. The molecule has 3 nitrogen and oxygen atoms in total. The van der Waals surface area contributed by atoms with Gasteiger partial charge in [-0.25, -0.2) is 0 Å². The number of nitrogens with two attached hydrogens (primary N) is 1. The molecule has 0 aliphatic rings. The zero-order valence-electron chi connectivity index (χ0n) is 10.8. The first-order chi connectivity index (χ1) is 9.88. The lowest BCUT2D eigenvalue weighted by atomic mass is 9.98. The average molecular weight is 295 g/mol. The molecule has 2 N–H and O–H groups in total. The van der Waals surface area contributed by atoms with Crippen molar-refractivity contribution in [3.8, 4) is 5.75 Å². The maximum absolute atomic E-state index is 12.3. The highest BCUT2D eigenvalue weighted by Crippen LogP contribution is 2.28. The van der Waals surface area contributed by atoms with Crippen LogP contribution in [0.3, 0.4) is 0 Å². The first-order valence-electron chi connectivity index (χ1n) is 6.08. The van der Waals surface area contributed by atoms with E-state index in [0.717, 1.165) is 6.07 Å². The Balaban J connectivity index is 2.31. The second-order valence-corrected chi connectivity index (χ2v) is 4.30. The molecule has 1 atom stereocenters. The lowest BCUT2D eigenvalue weighted by molar-refractivity contribution is -0.274. The van der Waals surface area contributed by atoms with Gasteiger partial charge < -0.3 is 10.5 Å². The number of hydrogen-bond donors (Lipinski definition) is 1. The molecule has 0 saturated carbocycles. The van der Waals surface area contributed by atoms with Crippen molar-refractivity contribution in [2.75, 3.05) is 0 Å². The van der Waals surface area contributed by atoms with Crippen LogP contribution in [0.5, 0.6) is 5.75 Å². The highest BCUT2D eigenvalue weighted by molar-refractivity contribution is 6.02. The number of alkyl halides is 3. The monoisotopic (exact) mass is 295 g/mol. The molecular weight excluding hydrogens is 283 g/mol. The van der Waals surface area contributed by atoms with Crippen molar-refractivity contribution < 1.29 is 22.7 Å². The van der Waals surface area contributed by atoms with Gasteiger partial charge in [-0.15, -0.1) is 13.2 Å².